The van der Waals surface area contributed by atoms with Gasteiger partial charge in [-0.05, 0) is 25.9 Å². The third kappa shape index (κ3) is 3.92. The van der Waals surface area contributed by atoms with Crippen molar-refractivity contribution in [1.82, 2.24) is 4.90 Å². The van der Waals surface area contributed by atoms with Gasteiger partial charge in [0.25, 0.3) is 0 Å². The molecule has 0 bridgehead atoms. The van der Waals surface area contributed by atoms with E-state index in [0.29, 0.717) is 0 Å². The summed E-state index contributed by atoms with van der Waals surface area (Å²) in [4.78, 5) is 2.52. The van der Waals surface area contributed by atoms with E-state index in [1.54, 1.807) is 0 Å². The zero-order chi connectivity index (χ0) is 7.94. The van der Waals surface area contributed by atoms with Gasteiger partial charge in [0.15, 0.2) is 0 Å². The van der Waals surface area contributed by atoms with Crippen molar-refractivity contribution in [3.05, 3.63) is 12.2 Å². The molecule has 0 radical (unpaired) electrons. The van der Waals surface area contributed by atoms with E-state index < -0.39 is 0 Å². The molecule has 0 N–H and O–H groups in total. The lowest BCUT2D eigenvalue weighted by Crippen LogP contribution is -2.29. The molecule has 1 saturated heterocycles. The highest BCUT2D eigenvalue weighted by molar-refractivity contribution is 9.09. The van der Waals surface area contributed by atoms with Crippen LogP contribution in [0.4, 0.5) is 0 Å². The lowest BCUT2D eigenvalue weighted by Gasteiger charge is -2.24. The van der Waals surface area contributed by atoms with Crippen molar-refractivity contribution in [3.63, 3.8) is 0 Å². The zero-order valence-electron chi connectivity index (χ0n) is 6.93. The Morgan fingerprint density at radius 1 is 1.09 bits per heavy atom. The van der Waals surface area contributed by atoms with Gasteiger partial charge >= 0.3 is 0 Å². The molecule has 0 unspecified atom stereocenters. The molecular formula is C9H16BrN. The van der Waals surface area contributed by atoms with E-state index in [9.17, 15) is 0 Å². The van der Waals surface area contributed by atoms with Gasteiger partial charge in [-0.15, -0.1) is 0 Å². The standard InChI is InChI=1S/C9H16BrN/c10-6-2-5-9-11-7-3-1-4-8-11/h2,5H,1,3-4,6-9H2/b5-2+. The maximum Gasteiger partial charge on any atom is 0.0212 e. The molecule has 0 spiro atoms. The van der Waals surface area contributed by atoms with Crippen molar-refractivity contribution >= 4 is 15.9 Å². The molecule has 0 aliphatic carbocycles. The Labute approximate surface area is 77.6 Å². The number of hydrogen-bond donors (Lipinski definition) is 0. The molecule has 0 saturated carbocycles. The lowest BCUT2D eigenvalue weighted by molar-refractivity contribution is 0.251. The maximum atomic E-state index is 3.37. The van der Waals surface area contributed by atoms with Crippen molar-refractivity contribution < 1.29 is 0 Å². The Hall–Kier alpha value is 0.180. The first-order valence-corrected chi connectivity index (χ1v) is 5.49. The second-order valence-corrected chi connectivity index (χ2v) is 3.63. The molecule has 2 heteroatoms. The number of likely N-dealkylation sites (tertiary alicyclic amines) is 1. The predicted molar refractivity (Wildman–Crippen MR) is 53.2 cm³/mol. The van der Waals surface area contributed by atoms with Gasteiger partial charge in [-0.25, -0.2) is 0 Å². The molecular weight excluding hydrogens is 202 g/mol. The minimum atomic E-state index is 0.987. The van der Waals surface area contributed by atoms with Crippen LogP contribution in [0.3, 0.4) is 0 Å². The van der Waals surface area contributed by atoms with Crippen LogP contribution < -0.4 is 0 Å². The van der Waals surface area contributed by atoms with Gasteiger partial charge in [0.2, 0.25) is 0 Å². The molecule has 1 aliphatic rings. The molecule has 0 aromatic carbocycles. The Kier molecular flexibility index (Phi) is 4.87. The SMILES string of the molecule is BrC/C=C/CN1CCCCC1. The van der Waals surface area contributed by atoms with Crippen LogP contribution in [-0.2, 0) is 0 Å². The largest absolute Gasteiger partial charge is 0.300 e. The van der Waals surface area contributed by atoms with Crippen LogP contribution in [0.1, 0.15) is 19.3 Å². The molecule has 1 aliphatic heterocycles. The fourth-order valence-corrected chi connectivity index (χ4v) is 1.69. The van der Waals surface area contributed by atoms with Crippen LogP contribution in [0.15, 0.2) is 12.2 Å². The van der Waals surface area contributed by atoms with Crippen LogP contribution in [0, 0.1) is 0 Å². The summed E-state index contributed by atoms with van der Waals surface area (Å²) in [5.41, 5.74) is 0. The first-order chi connectivity index (χ1) is 5.43. The van der Waals surface area contributed by atoms with Gasteiger partial charge in [0.05, 0.1) is 0 Å². The number of alkyl halides is 1. The fraction of sp³-hybridized carbons (Fsp3) is 0.778. The average Bonchev–Trinajstić information content (AvgIpc) is 2.07. The van der Waals surface area contributed by atoms with Crippen molar-refractivity contribution in [2.45, 2.75) is 19.3 Å². The molecule has 1 fully saturated rings. The predicted octanol–water partition coefficient (Wildman–Crippen LogP) is 2.42. The summed E-state index contributed by atoms with van der Waals surface area (Å²) in [5.74, 6) is 0. The van der Waals surface area contributed by atoms with E-state index in [2.05, 4.69) is 33.0 Å². The number of hydrogen-bond acceptors (Lipinski definition) is 1. The van der Waals surface area contributed by atoms with Gasteiger partial charge in [0.1, 0.15) is 0 Å². The quantitative estimate of drug-likeness (QED) is 0.519. The molecule has 0 aromatic rings. The van der Waals surface area contributed by atoms with Crippen molar-refractivity contribution in [1.29, 1.82) is 0 Å². The van der Waals surface area contributed by atoms with Gasteiger partial charge in [-0.3, -0.25) is 4.90 Å². The average molecular weight is 218 g/mol. The Bertz CT molecular complexity index is 117. The highest BCUT2D eigenvalue weighted by Gasteiger charge is 2.06. The zero-order valence-corrected chi connectivity index (χ0v) is 8.52. The van der Waals surface area contributed by atoms with E-state index in [1.165, 1.54) is 32.4 Å². The van der Waals surface area contributed by atoms with E-state index >= 15 is 0 Å². The Balaban J connectivity index is 2.09. The number of halogens is 1. The Morgan fingerprint density at radius 3 is 2.45 bits per heavy atom. The van der Waals surface area contributed by atoms with E-state index in [1.807, 2.05) is 0 Å². The maximum absolute atomic E-state index is 3.37. The molecule has 0 atom stereocenters. The van der Waals surface area contributed by atoms with Crippen LogP contribution in [0.25, 0.3) is 0 Å². The third-order valence-electron chi connectivity index (χ3n) is 2.07. The minimum Gasteiger partial charge on any atom is -0.300 e. The highest BCUT2D eigenvalue weighted by Crippen LogP contribution is 2.07. The molecule has 0 amide bonds. The second-order valence-electron chi connectivity index (χ2n) is 2.99. The third-order valence-corrected chi connectivity index (χ3v) is 2.44. The molecule has 0 aromatic heterocycles. The van der Waals surface area contributed by atoms with Crippen LogP contribution in [-0.4, -0.2) is 29.9 Å². The number of rotatable bonds is 3. The molecule has 64 valence electrons. The molecule has 11 heavy (non-hydrogen) atoms. The highest BCUT2D eigenvalue weighted by atomic mass is 79.9. The smallest absolute Gasteiger partial charge is 0.0212 e. The summed E-state index contributed by atoms with van der Waals surface area (Å²) >= 11 is 3.37. The van der Waals surface area contributed by atoms with E-state index in [0.717, 1.165) is 11.9 Å². The summed E-state index contributed by atoms with van der Waals surface area (Å²) < 4.78 is 0. The summed E-state index contributed by atoms with van der Waals surface area (Å²) in [7, 11) is 0. The number of nitrogens with zero attached hydrogens (tertiary/aromatic N) is 1. The number of allylic oxidation sites excluding steroid dienone is 1. The Morgan fingerprint density at radius 2 is 1.82 bits per heavy atom. The van der Waals surface area contributed by atoms with Gasteiger partial charge < -0.3 is 0 Å². The normalized spacial score (nSPS) is 21.2. The van der Waals surface area contributed by atoms with Crippen LogP contribution in [0.2, 0.25) is 0 Å². The molecule has 1 nitrogen and oxygen atoms in total. The van der Waals surface area contributed by atoms with Crippen molar-refractivity contribution in [3.8, 4) is 0 Å². The van der Waals surface area contributed by atoms with Crippen molar-refractivity contribution in [2.24, 2.45) is 0 Å². The summed E-state index contributed by atoms with van der Waals surface area (Å²) in [6.45, 7) is 3.74. The second kappa shape index (κ2) is 5.78. The molecule has 1 rings (SSSR count). The van der Waals surface area contributed by atoms with Gasteiger partial charge in [-0.1, -0.05) is 34.5 Å². The fourth-order valence-electron chi connectivity index (χ4n) is 1.43. The first kappa shape index (κ1) is 9.27. The monoisotopic (exact) mass is 217 g/mol. The summed E-state index contributed by atoms with van der Waals surface area (Å²) in [6, 6.07) is 0. The van der Waals surface area contributed by atoms with Crippen molar-refractivity contribution in [2.75, 3.05) is 25.0 Å². The minimum absolute atomic E-state index is 0.987. The lowest BCUT2D eigenvalue weighted by atomic mass is 10.1. The molecule has 1 heterocycles. The van der Waals surface area contributed by atoms with Crippen LogP contribution >= 0.6 is 15.9 Å². The summed E-state index contributed by atoms with van der Waals surface area (Å²) in [5, 5.41) is 0.987. The first-order valence-electron chi connectivity index (χ1n) is 4.37. The van der Waals surface area contributed by atoms with Crippen LogP contribution in [0.5, 0.6) is 0 Å². The van der Waals surface area contributed by atoms with Gasteiger partial charge in [0, 0.05) is 11.9 Å². The van der Waals surface area contributed by atoms with Gasteiger partial charge in [-0.2, -0.15) is 0 Å². The van der Waals surface area contributed by atoms with E-state index in [4.69, 9.17) is 0 Å². The topological polar surface area (TPSA) is 3.24 Å². The number of piperidine rings is 1. The van der Waals surface area contributed by atoms with E-state index in [-0.39, 0.29) is 0 Å². The summed E-state index contributed by atoms with van der Waals surface area (Å²) in [6.07, 6.45) is 8.64.